The fourth-order valence-corrected chi connectivity index (χ4v) is 5.55. The van der Waals surface area contributed by atoms with Gasteiger partial charge in [-0.15, -0.1) is 0 Å². The summed E-state index contributed by atoms with van der Waals surface area (Å²) < 4.78 is 11.4. The van der Waals surface area contributed by atoms with Gasteiger partial charge in [0.15, 0.2) is 5.82 Å². The lowest BCUT2D eigenvalue weighted by molar-refractivity contribution is 0.0895. The summed E-state index contributed by atoms with van der Waals surface area (Å²) in [5.41, 5.74) is 2.54. The molecule has 12 heteroatoms. The van der Waals surface area contributed by atoms with E-state index in [1.54, 1.807) is 31.3 Å². The smallest absolute Gasteiger partial charge is 0.323 e. The molecule has 0 radical (unpaired) electrons. The van der Waals surface area contributed by atoms with Crippen LogP contribution in [0.3, 0.4) is 0 Å². The highest BCUT2D eigenvalue weighted by Crippen LogP contribution is 2.34. The summed E-state index contributed by atoms with van der Waals surface area (Å²) >= 11 is 0. The monoisotopic (exact) mass is 558 g/mol. The first-order valence-electron chi connectivity index (χ1n) is 14.0. The third-order valence-electron chi connectivity index (χ3n) is 7.74. The molecular weight excluding hydrogens is 524 g/mol. The van der Waals surface area contributed by atoms with Gasteiger partial charge < -0.3 is 35.2 Å². The lowest BCUT2D eigenvalue weighted by atomic mass is 10.2. The summed E-state index contributed by atoms with van der Waals surface area (Å²) in [6.45, 7) is 5.45. The van der Waals surface area contributed by atoms with Crippen molar-refractivity contribution in [1.82, 2.24) is 20.3 Å². The third-order valence-corrected chi connectivity index (χ3v) is 7.74. The van der Waals surface area contributed by atoms with Crippen LogP contribution in [-0.4, -0.2) is 85.0 Å². The maximum absolute atomic E-state index is 12.6. The number of ether oxygens (including phenoxy) is 2. The largest absolute Gasteiger partial charge is 0.377 e. The molecule has 0 aliphatic carbocycles. The normalized spacial score (nSPS) is 21.9. The first-order chi connectivity index (χ1) is 20.0. The van der Waals surface area contributed by atoms with E-state index in [9.17, 15) is 9.59 Å². The minimum Gasteiger partial charge on any atom is -0.377 e. The van der Waals surface area contributed by atoms with Gasteiger partial charge in [-0.2, -0.15) is 15.0 Å². The van der Waals surface area contributed by atoms with Gasteiger partial charge in [0.1, 0.15) is 0 Å². The number of rotatable bonds is 6. The molecule has 214 valence electrons. The first-order valence-corrected chi connectivity index (χ1v) is 14.0. The highest BCUT2D eigenvalue weighted by molar-refractivity contribution is 6.00. The Hall–Kier alpha value is -4.29. The molecule has 6 rings (SSSR count). The Morgan fingerprint density at radius 1 is 0.829 bits per heavy atom. The van der Waals surface area contributed by atoms with Crippen LogP contribution in [0.15, 0.2) is 48.5 Å². The molecule has 3 atom stereocenters. The lowest BCUT2D eigenvalue weighted by Crippen LogP contribution is -2.48. The van der Waals surface area contributed by atoms with Crippen LogP contribution in [0, 0.1) is 0 Å². The Morgan fingerprint density at radius 3 is 2.10 bits per heavy atom. The van der Waals surface area contributed by atoms with Gasteiger partial charge in [0.05, 0.1) is 44.6 Å². The second-order valence-corrected chi connectivity index (χ2v) is 10.5. The number of morpholine rings is 2. The number of hydrogen-bond donors (Lipinski definition) is 3. The van der Waals surface area contributed by atoms with Crippen LogP contribution in [0.4, 0.5) is 28.1 Å². The van der Waals surface area contributed by atoms with Crippen LogP contribution in [0.25, 0.3) is 11.4 Å². The molecule has 2 bridgehead atoms. The molecule has 3 amide bonds. The van der Waals surface area contributed by atoms with E-state index in [0.717, 1.165) is 18.4 Å². The summed E-state index contributed by atoms with van der Waals surface area (Å²) in [4.78, 5) is 43.5. The maximum Gasteiger partial charge on any atom is 0.323 e. The summed E-state index contributed by atoms with van der Waals surface area (Å²) in [7, 11) is 1.57. The number of benzene rings is 2. The van der Waals surface area contributed by atoms with Crippen molar-refractivity contribution >= 4 is 35.2 Å². The lowest BCUT2D eigenvalue weighted by Gasteiger charge is -2.36. The van der Waals surface area contributed by atoms with Crippen LogP contribution < -0.4 is 25.8 Å². The molecule has 4 heterocycles. The topological polar surface area (TPSA) is 134 Å². The second kappa shape index (κ2) is 11.7. The van der Waals surface area contributed by atoms with Crippen molar-refractivity contribution < 1.29 is 19.1 Å². The van der Waals surface area contributed by atoms with Crippen LogP contribution >= 0.6 is 0 Å². The number of urea groups is 1. The van der Waals surface area contributed by atoms with Gasteiger partial charge in [-0.1, -0.05) is 0 Å². The van der Waals surface area contributed by atoms with Gasteiger partial charge in [0.25, 0.3) is 5.91 Å². The number of fused-ring (bicyclic) bond motifs is 2. The molecule has 2 aromatic carbocycles. The quantitative estimate of drug-likeness (QED) is 0.417. The molecule has 3 fully saturated rings. The van der Waals surface area contributed by atoms with Crippen LogP contribution in [0.2, 0.25) is 0 Å². The van der Waals surface area contributed by atoms with E-state index in [2.05, 4.69) is 32.7 Å². The van der Waals surface area contributed by atoms with Crippen molar-refractivity contribution in [3.05, 3.63) is 54.1 Å². The zero-order valence-corrected chi connectivity index (χ0v) is 23.2. The number of nitrogens with one attached hydrogen (secondary N) is 3. The Kier molecular flexibility index (Phi) is 7.66. The average Bonchev–Trinajstić information content (AvgIpc) is 3.25. The van der Waals surface area contributed by atoms with Crippen LogP contribution in [0.1, 0.15) is 30.1 Å². The summed E-state index contributed by atoms with van der Waals surface area (Å²) in [5.74, 6) is 1.73. The maximum atomic E-state index is 12.6. The summed E-state index contributed by atoms with van der Waals surface area (Å²) in [5, 5.41) is 8.20. The molecule has 41 heavy (non-hydrogen) atoms. The SMILES string of the molecule is CNC(=O)c1ccc(NC(=O)Nc2ccc(-c3nc(N4CCOCC4C)nc(N4C5CCC4COC5)n3)cc2)cc1. The van der Waals surface area contributed by atoms with Crippen LogP contribution in [0.5, 0.6) is 0 Å². The number of carbonyl (C=O) groups is 2. The molecule has 0 spiro atoms. The fraction of sp³-hybridized carbons (Fsp3) is 0.414. The summed E-state index contributed by atoms with van der Waals surface area (Å²) in [6, 6.07) is 14.4. The Balaban J connectivity index is 1.21. The van der Waals surface area contributed by atoms with E-state index in [1.807, 2.05) is 24.3 Å². The molecule has 3 unspecified atom stereocenters. The van der Waals surface area contributed by atoms with E-state index in [4.69, 9.17) is 24.4 Å². The fourth-order valence-electron chi connectivity index (χ4n) is 5.55. The number of carbonyl (C=O) groups excluding carboxylic acids is 2. The highest BCUT2D eigenvalue weighted by atomic mass is 16.5. The summed E-state index contributed by atoms with van der Waals surface area (Å²) in [6.07, 6.45) is 2.13. The molecule has 0 saturated carbocycles. The molecular formula is C29H34N8O4. The zero-order chi connectivity index (χ0) is 28.3. The number of aromatic nitrogens is 3. The van der Waals surface area contributed by atoms with Crippen molar-refractivity contribution in [2.45, 2.75) is 37.9 Å². The Bertz CT molecular complexity index is 1380. The van der Waals surface area contributed by atoms with Crippen LogP contribution in [-0.2, 0) is 9.47 Å². The molecule has 1 aromatic heterocycles. The Labute approximate surface area is 238 Å². The molecule has 3 aromatic rings. The molecule has 12 nitrogen and oxygen atoms in total. The predicted octanol–water partition coefficient (Wildman–Crippen LogP) is 3.13. The van der Waals surface area contributed by atoms with E-state index >= 15 is 0 Å². The van der Waals surface area contributed by atoms with E-state index < -0.39 is 0 Å². The average molecular weight is 559 g/mol. The second-order valence-electron chi connectivity index (χ2n) is 10.5. The molecule has 3 saturated heterocycles. The molecule has 3 aliphatic heterocycles. The van der Waals surface area contributed by atoms with Gasteiger partial charge in [0, 0.05) is 36.1 Å². The van der Waals surface area contributed by atoms with Crippen molar-refractivity contribution in [3.8, 4) is 11.4 Å². The predicted molar refractivity (Wildman–Crippen MR) is 155 cm³/mol. The standard InChI is InChI=1S/C29H34N8O4/c1-18-15-40-14-13-36(18)27-33-25(34-28(35-27)37-23-11-12-24(37)17-41-16-23)19-3-7-21(8-4-19)31-29(39)32-22-9-5-20(6-10-22)26(38)30-2/h3-10,18,23-24H,11-17H2,1-2H3,(H,30,38)(H2,31,32,39). The van der Waals surface area contributed by atoms with Crippen molar-refractivity contribution in [2.75, 3.05) is 60.5 Å². The number of anilines is 4. The van der Waals surface area contributed by atoms with Gasteiger partial charge >= 0.3 is 6.03 Å². The number of amides is 3. The van der Waals surface area contributed by atoms with Crippen molar-refractivity contribution in [1.29, 1.82) is 0 Å². The van der Waals surface area contributed by atoms with E-state index in [0.29, 0.717) is 67.6 Å². The minimum atomic E-state index is -0.390. The number of nitrogens with zero attached hydrogens (tertiary/aromatic N) is 5. The molecule has 3 aliphatic rings. The van der Waals surface area contributed by atoms with Crippen molar-refractivity contribution in [3.63, 3.8) is 0 Å². The molecule has 3 N–H and O–H groups in total. The van der Waals surface area contributed by atoms with Gasteiger partial charge in [-0.25, -0.2) is 4.79 Å². The van der Waals surface area contributed by atoms with Gasteiger partial charge in [-0.05, 0) is 68.3 Å². The van der Waals surface area contributed by atoms with E-state index in [1.165, 1.54) is 0 Å². The number of hydrogen-bond acceptors (Lipinski definition) is 9. The zero-order valence-electron chi connectivity index (χ0n) is 23.2. The first kappa shape index (κ1) is 26.9. The van der Waals surface area contributed by atoms with E-state index in [-0.39, 0.29) is 30.1 Å². The Morgan fingerprint density at radius 2 is 1.46 bits per heavy atom. The van der Waals surface area contributed by atoms with Gasteiger partial charge in [0.2, 0.25) is 11.9 Å². The van der Waals surface area contributed by atoms with Crippen molar-refractivity contribution in [2.24, 2.45) is 0 Å². The highest BCUT2D eigenvalue weighted by Gasteiger charge is 2.39. The van der Waals surface area contributed by atoms with Gasteiger partial charge in [-0.3, -0.25) is 4.79 Å². The minimum absolute atomic E-state index is 0.151. The third kappa shape index (κ3) is 5.79.